The molecule has 2 rings (SSSR count). The molecule has 0 bridgehead atoms. The highest BCUT2D eigenvalue weighted by molar-refractivity contribution is 6.00. The molecular weight excluding hydrogens is 470 g/mol. The van der Waals surface area contributed by atoms with Gasteiger partial charge in [-0.3, -0.25) is 9.59 Å². The summed E-state index contributed by atoms with van der Waals surface area (Å²) in [6, 6.07) is 8.96. The van der Waals surface area contributed by atoms with Crippen LogP contribution in [0.4, 0.5) is 10.5 Å². The number of aliphatic hydroxyl groups excluding tert-OH is 1. The number of nitrogens with one attached hydrogen (secondary N) is 2. The summed E-state index contributed by atoms with van der Waals surface area (Å²) < 4.78 is 5.26. The van der Waals surface area contributed by atoms with Crippen LogP contribution in [0.1, 0.15) is 54.6 Å². The van der Waals surface area contributed by atoms with Gasteiger partial charge < -0.3 is 25.4 Å². The van der Waals surface area contributed by atoms with Gasteiger partial charge in [-0.2, -0.15) is 0 Å². The molecule has 8 nitrogen and oxygen atoms in total. The highest BCUT2D eigenvalue weighted by atomic mass is 16.6. The van der Waals surface area contributed by atoms with E-state index < -0.39 is 42.2 Å². The number of amides is 3. The largest absolute Gasteiger partial charge is 0.444 e. The average molecular weight is 510 g/mol. The number of hydrogen-bond acceptors (Lipinski definition) is 5. The van der Waals surface area contributed by atoms with Crippen LogP contribution >= 0.6 is 0 Å². The van der Waals surface area contributed by atoms with E-state index in [1.54, 1.807) is 20.8 Å². The zero-order valence-electron chi connectivity index (χ0n) is 22.8. The van der Waals surface area contributed by atoms with E-state index >= 15 is 0 Å². The Balaban J connectivity index is 2.57. The number of nitrogens with zero attached hydrogens (tertiary/aromatic N) is 1. The van der Waals surface area contributed by atoms with Crippen LogP contribution in [-0.2, 0) is 14.3 Å². The molecule has 8 heteroatoms. The van der Waals surface area contributed by atoms with Crippen LogP contribution in [-0.4, -0.2) is 52.7 Å². The summed E-state index contributed by atoms with van der Waals surface area (Å²) in [5, 5.41) is 15.5. The van der Waals surface area contributed by atoms with Crippen molar-refractivity contribution < 1.29 is 24.2 Å². The van der Waals surface area contributed by atoms with E-state index in [-0.39, 0.29) is 6.54 Å². The molecule has 2 unspecified atom stereocenters. The first-order valence-corrected chi connectivity index (χ1v) is 12.3. The molecular formula is C29H39N3O5. The van der Waals surface area contributed by atoms with Crippen molar-refractivity contribution in [3.05, 3.63) is 76.9 Å². The monoisotopic (exact) mass is 509 g/mol. The second kappa shape index (κ2) is 12.5. The van der Waals surface area contributed by atoms with Crippen molar-refractivity contribution in [1.82, 2.24) is 10.2 Å². The lowest BCUT2D eigenvalue weighted by Gasteiger charge is -2.35. The molecule has 3 N–H and O–H groups in total. The van der Waals surface area contributed by atoms with Gasteiger partial charge >= 0.3 is 6.09 Å². The Hall–Kier alpha value is -3.65. The summed E-state index contributed by atoms with van der Waals surface area (Å²) in [4.78, 5) is 41.4. The van der Waals surface area contributed by atoms with Gasteiger partial charge in [0.1, 0.15) is 17.7 Å². The van der Waals surface area contributed by atoms with Crippen LogP contribution in [0, 0.1) is 27.7 Å². The molecule has 2 aromatic carbocycles. The van der Waals surface area contributed by atoms with Crippen LogP contribution in [0.5, 0.6) is 0 Å². The van der Waals surface area contributed by atoms with Crippen molar-refractivity contribution in [3.8, 4) is 0 Å². The number of benzene rings is 2. The van der Waals surface area contributed by atoms with Crippen molar-refractivity contribution in [2.24, 2.45) is 0 Å². The lowest BCUT2D eigenvalue weighted by Crippen LogP contribution is -2.54. The Kier molecular flexibility index (Phi) is 10.0. The van der Waals surface area contributed by atoms with E-state index in [0.717, 1.165) is 22.3 Å². The maximum absolute atomic E-state index is 13.9. The van der Waals surface area contributed by atoms with Crippen molar-refractivity contribution in [1.29, 1.82) is 0 Å². The fourth-order valence-electron chi connectivity index (χ4n) is 4.19. The van der Waals surface area contributed by atoms with Crippen molar-refractivity contribution in [2.45, 2.75) is 66.2 Å². The standard InChI is InChI=1S/C29H39N3O5/c1-9-16-32(27(35)22(17-33)30-28(36)37-29(6,7)8)25(23-18(2)12-10-13-19(23)3)26(34)31-24-20(4)14-11-15-21(24)5/h9-15,22,25,33H,1,16-17H2,2-8H3,(H,30,36)(H,31,34). The summed E-state index contributed by atoms with van der Waals surface area (Å²) in [7, 11) is 0. The van der Waals surface area contributed by atoms with E-state index in [2.05, 4.69) is 17.2 Å². The predicted octanol–water partition coefficient (Wildman–Crippen LogP) is 4.50. The quantitative estimate of drug-likeness (QED) is 0.432. The van der Waals surface area contributed by atoms with Crippen LogP contribution in [0.2, 0.25) is 0 Å². The Morgan fingerprint density at radius 2 is 1.51 bits per heavy atom. The van der Waals surface area contributed by atoms with E-state index in [9.17, 15) is 19.5 Å². The lowest BCUT2D eigenvalue weighted by atomic mass is 9.93. The number of carbonyl (C=O) groups excluding carboxylic acids is 3. The number of aliphatic hydroxyl groups is 1. The summed E-state index contributed by atoms with van der Waals surface area (Å²) in [5.74, 6) is -1.06. The third-order valence-electron chi connectivity index (χ3n) is 5.89. The molecule has 37 heavy (non-hydrogen) atoms. The molecule has 200 valence electrons. The van der Waals surface area contributed by atoms with Gasteiger partial charge in [-0.15, -0.1) is 6.58 Å². The number of rotatable bonds is 9. The summed E-state index contributed by atoms with van der Waals surface area (Å²) in [5.41, 5.74) is 3.95. The minimum atomic E-state index is -1.32. The second-order valence-corrected chi connectivity index (χ2v) is 10.1. The summed E-state index contributed by atoms with van der Waals surface area (Å²) in [6.07, 6.45) is 0.661. The maximum Gasteiger partial charge on any atom is 0.408 e. The Labute approximate surface area is 219 Å². The van der Waals surface area contributed by atoms with Gasteiger partial charge in [0, 0.05) is 12.2 Å². The minimum absolute atomic E-state index is 0.00392. The smallest absolute Gasteiger partial charge is 0.408 e. The number of hydrogen-bond donors (Lipinski definition) is 3. The first kappa shape index (κ1) is 29.6. The van der Waals surface area contributed by atoms with E-state index in [0.29, 0.717) is 11.3 Å². The highest BCUT2D eigenvalue weighted by Crippen LogP contribution is 2.31. The number of aryl methyl sites for hydroxylation is 4. The van der Waals surface area contributed by atoms with E-state index in [1.807, 2.05) is 64.1 Å². The lowest BCUT2D eigenvalue weighted by molar-refractivity contribution is -0.141. The van der Waals surface area contributed by atoms with Crippen molar-refractivity contribution in [3.63, 3.8) is 0 Å². The summed E-state index contributed by atoms with van der Waals surface area (Å²) in [6.45, 7) is 15.7. The average Bonchev–Trinajstić information content (AvgIpc) is 2.79. The number of carbonyl (C=O) groups is 3. The van der Waals surface area contributed by atoms with Gasteiger partial charge in [0.15, 0.2) is 0 Å². The second-order valence-electron chi connectivity index (χ2n) is 10.1. The van der Waals surface area contributed by atoms with Gasteiger partial charge in [-0.1, -0.05) is 42.5 Å². The normalized spacial score (nSPS) is 12.8. The van der Waals surface area contributed by atoms with Crippen LogP contribution < -0.4 is 10.6 Å². The third-order valence-corrected chi connectivity index (χ3v) is 5.89. The van der Waals surface area contributed by atoms with Crippen LogP contribution in [0.3, 0.4) is 0 Å². The molecule has 0 spiro atoms. The fraction of sp³-hybridized carbons (Fsp3) is 0.414. The van der Waals surface area contributed by atoms with Crippen molar-refractivity contribution in [2.75, 3.05) is 18.5 Å². The SMILES string of the molecule is C=CCN(C(=O)C(CO)NC(=O)OC(C)(C)C)C(C(=O)Nc1c(C)cccc1C)c1c(C)cccc1C. The third kappa shape index (κ3) is 7.67. The molecule has 0 fully saturated rings. The minimum Gasteiger partial charge on any atom is -0.444 e. The van der Waals surface area contributed by atoms with Crippen molar-refractivity contribution >= 4 is 23.6 Å². The molecule has 0 saturated heterocycles. The van der Waals surface area contributed by atoms with Gasteiger partial charge in [-0.25, -0.2) is 4.79 Å². The van der Waals surface area contributed by atoms with Gasteiger partial charge in [0.2, 0.25) is 5.91 Å². The number of alkyl carbamates (subject to hydrolysis) is 1. The summed E-state index contributed by atoms with van der Waals surface area (Å²) >= 11 is 0. The molecule has 0 aliphatic heterocycles. The Morgan fingerprint density at radius 1 is 1.00 bits per heavy atom. The fourth-order valence-corrected chi connectivity index (χ4v) is 4.19. The molecule has 0 radical (unpaired) electrons. The maximum atomic E-state index is 13.9. The molecule has 0 aromatic heterocycles. The highest BCUT2D eigenvalue weighted by Gasteiger charge is 2.37. The Morgan fingerprint density at radius 3 is 1.97 bits per heavy atom. The van der Waals surface area contributed by atoms with Gasteiger partial charge in [0.25, 0.3) is 5.91 Å². The molecule has 3 amide bonds. The van der Waals surface area contributed by atoms with E-state index in [4.69, 9.17) is 4.74 Å². The van der Waals surface area contributed by atoms with Crippen LogP contribution in [0.15, 0.2) is 49.1 Å². The molecule has 0 heterocycles. The molecule has 2 aromatic rings. The zero-order chi connectivity index (χ0) is 27.9. The first-order chi connectivity index (χ1) is 17.3. The van der Waals surface area contributed by atoms with Crippen LogP contribution in [0.25, 0.3) is 0 Å². The predicted molar refractivity (Wildman–Crippen MR) is 145 cm³/mol. The number of para-hydroxylation sites is 1. The molecule has 0 saturated carbocycles. The molecule has 0 aliphatic rings. The molecule has 2 atom stereocenters. The topological polar surface area (TPSA) is 108 Å². The van der Waals surface area contributed by atoms with E-state index in [1.165, 1.54) is 11.0 Å². The first-order valence-electron chi connectivity index (χ1n) is 12.3. The van der Waals surface area contributed by atoms with Gasteiger partial charge in [0.05, 0.1) is 6.61 Å². The Bertz CT molecular complexity index is 1110. The van der Waals surface area contributed by atoms with Gasteiger partial charge in [-0.05, 0) is 76.3 Å². The number of anilines is 1. The molecule has 0 aliphatic carbocycles. The zero-order valence-corrected chi connectivity index (χ0v) is 22.8. The number of ether oxygens (including phenoxy) is 1.